The zero-order valence-corrected chi connectivity index (χ0v) is 16.6. The predicted molar refractivity (Wildman–Crippen MR) is 107 cm³/mol. The molecule has 1 aliphatic heterocycles. The second-order valence-corrected chi connectivity index (χ2v) is 8.43. The van der Waals surface area contributed by atoms with Gasteiger partial charge in [-0.15, -0.1) is 0 Å². The van der Waals surface area contributed by atoms with Gasteiger partial charge >= 0.3 is 0 Å². The maximum absolute atomic E-state index is 12.6. The van der Waals surface area contributed by atoms with Gasteiger partial charge < -0.3 is 15.0 Å². The van der Waals surface area contributed by atoms with E-state index in [2.05, 4.69) is 15.2 Å². The maximum atomic E-state index is 12.6. The van der Waals surface area contributed by atoms with Crippen molar-refractivity contribution in [2.24, 2.45) is 0 Å². The van der Waals surface area contributed by atoms with E-state index >= 15 is 0 Å². The van der Waals surface area contributed by atoms with Gasteiger partial charge in [0.05, 0.1) is 18.4 Å². The fraction of sp³-hybridized carbons (Fsp3) is 0.368. The first kappa shape index (κ1) is 20.1. The van der Waals surface area contributed by atoms with Gasteiger partial charge in [0.1, 0.15) is 11.6 Å². The molecule has 1 saturated heterocycles. The fourth-order valence-corrected chi connectivity index (χ4v) is 4.42. The minimum atomic E-state index is -3.44. The molecule has 1 aromatic carbocycles. The molecule has 1 aromatic heterocycles. The van der Waals surface area contributed by atoms with E-state index in [-0.39, 0.29) is 18.2 Å². The minimum absolute atomic E-state index is 0.0413. The molecule has 0 saturated carbocycles. The number of carbonyl (C=O) groups is 1. The third-order valence-corrected chi connectivity index (χ3v) is 6.47. The summed E-state index contributed by atoms with van der Waals surface area (Å²) in [5.74, 6) is 0.807. The second-order valence-electron chi connectivity index (χ2n) is 6.35. The Morgan fingerprint density at radius 2 is 1.82 bits per heavy atom. The summed E-state index contributed by atoms with van der Waals surface area (Å²) in [7, 11) is -1.95. The first-order valence-corrected chi connectivity index (χ1v) is 10.7. The number of nitrogens with one attached hydrogen (secondary N) is 1. The van der Waals surface area contributed by atoms with E-state index in [4.69, 9.17) is 4.74 Å². The number of sulfonamides is 1. The van der Waals surface area contributed by atoms with Crippen molar-refractivity contribution < 1.29 is 17.9 Å². The van der Waals surface area contributed by atoms with Gasteiger partial charge in [-0.25, -0.2) is 13.4 Å². The zero-order chi connectivity index (χ0) is 20.0. The van der Waals surface area contributed by atoms with Crippen LogP contribution in [0.1, 0.15) is 10.4 Å². The summed E-state index contributed by atoms with van der Waals surface area (Å²) in [6.07, 6.45) is 1.73. The van der Waals surface area contributed by atoms with Crippen molar-refractivity contribution in [2.45, 2.75) is 0 Å². The lowest BCUT2D eigenvalue weighted by Gasteiger charge is -2.34. The molecule has 1 fully saturated rings. The van der Waals surface area contributed by atoms with Crippen LogP contribution in [0.4, 0.5) is 5.82 Å². The molecule has 8 nitrogen and oxygen atoms in total. The van der Waals surface area contributed by atoms with Crippen LogP contribution in [0.15, 0.2) is 48.7 Å². The lowest BCUT2D eigenvalue weighted by Crippen LogP contribution is -2.50. The number of ether oxygens (including phenoxy) is 1. The van der Waals surface area contributed by atoms with E-state index in [9.17, 15) is 13.2 Å². The third-order valence-electron chi connectivity index (χ3n) is 4.60. The first-order valence-electron chi connectivity index (χ1n) is 9.06. The number of methoxy groups -OCH3 is 1. The second kappa shape index (κ2) is 9.03. The molecule has 150 valence electrons. The van der Waals surface area contributed by atoms with Crippen molar-refractivity contribution >= 4 is 21.7 Å². The van der Waals surface area contributed by atoms with E-state index in [0.717, 1.165) is 5.82 Å². The quantitative estimate of drug-likeness (QED) is 0.739. The Balaban J connectivity index is 1.50. The minimum Gasteiger partial charge on any atom is -0.496 e. The topological polar surface area (TPSA) is 91.8 Å². The largest absolute Gasteiger partial charge is 0.496 e. The van der Waals surface area contributed by atoms with Crippen LogP contribution in [0.2, 0.25) is 0 Å². The number of pyridine rings is 1. The van der Waals surface area contributed by atoms with Gasteiger partial charge in [0.25, 0.3) is 5.91 Å². The van der Waals surface area contributed by atoms with Crippen LogP contribution < -0.4 is 15.0 Å². The summed E-state index contributed by atoms with van der Waals surface area (Å²) in [4.78, 5) is 18.6. The van der Waals surface area contributed by atoms with Crippen LogP contribution in [0.3, 0.4) is 0 Å². The van der Waals surface area contributed by atoms with Crippen molar-refractivity contribution in [3.63, 3.8) is 0 Å². The number of hydrogen-bond acceptors (Lipinski definition) is 6. The molecule has 3 rings (SSSR count). The van der Waals surface area contributed by atoms with E-state index in [1.54, 1.807) is 30.5 Å². The Morgan fingerprint density at radius 3 is 2.50 bits per heavy atom. The van der Waals surface area contributed by atoms with Crippen LogP contribution in [-0.2, 0) is 10.0 Å². The molecule has 0 atom stereocenters. The molecule has 28 heavy (non-hydrogen) atoms. The molecule has 0 aliphatic carbocycles. The summed E-state index contributed by atoms with van der Waals surface area (Å²) < 4.78 is 31.8. The Hall–Kier alpha value is -2.65. The van der Waals surface area contributed by atoms with Gasteiger partial charge in [-0.1, -0.05) is 18.2 Å². The van der Waals surface area contributed by atoms with Crippen LogP contribution in [0.5, 0.6) is 5.75 Å². The number of aromatic nitrogens is 1. The Morgan fingerprint density at radius 1 is 1.11 bits per heavy atom. The molecule has 2 heterocycles. The van der Waals surface area contributed by atoms with E-state index in [1.165, 1.54) is 11.4 Å². The third kappa shape index (κ3) is 4.79. The molecule has 0 bridgehead atoms. The molecule has 9 heteroatoms. The number of piperazine rings is 1. The number of para-hydroxylation sites is 1. The highest BCUT2D eigenvalue weighted by atomic mass is 32.2. The highest BCUT2D eigenvalue weighted by Crippen LogP contribution is 2.17. The van der Waals surface area contributed by atoms with Crippen LogP contribution in [0, 0.1) is 0 Å². The van der Waals surface area contributed by atoms with Gasteiger partial charge in [0.15, 0.2) is 0 Å². The SMILES string of the molecule is COc1ccccc1C(=O)NCCS(=O)(=O)N1CCN(c2ccccn2)CC1. The monoisotopic (exact) mass is 404 g/mol. The van der Waals surface area contributed by atoms with Gasteiger partial charge in [-0.2, -0.15) is 4.31 Å². The van der Waals surface area contributed by atoms with Crippen LogP contribution in [0.25, 0.3) is 0 Å². The Labute approximate surface area is 165 Å². The molecule has 1 amide bonds. The van der Waals surface area contributed by atoms with Crippen LogP contribution >= 0.6 is 0 Å². The Bertz CT molecular complexity index is 897. The number of benzene rings is 1. The molecule has 0 radical (unpaired) electrons. The summed E-state index contributed by atoms with van der Waals surface area (Å²) >= 11 is 0. The molecule has 1 aliphatic rings. The molecular formula is C19H24N4O4S. The molecule has 1 N–H and O–H groups in total. The van der Waals surface area contributed by atoms with E-state index in [0.29, 0.717) is 37.5 Å². The summed E-state index contributed by atoms with van der Waals surface area (Å²) in [6.45, 7) is 2.02. The van der Waals surface area contributed by atoms with E-state index < -0.39 is 10.0 Å². The summed E-state index contributed by atoms with van der Waals surface area (Å²) in [5.41, 5.74) is 0.381. The number of carbonyl (C=O) groups excluding carboxylic acids is 1. The van der Waals surface area contributed by atoms with Gasteiger partial charge in [0.2, 0.25) is 10.0 Å². The van der Waals surface area contributed by atoms with Crippen molar-refractivity contribution in [3.8, 4) is 5.75 Å². The lowest BCUT2D eigenvalue weighted by atomic mass is 10.2. The number of nitrogens with zero attached hydrogens (tertiary/aromatic N) is 3. The predicted octanol–water partition coefficient (Wildman–Crippen LogP) is 0.972. The van der Waals surface area contributed by atoms with Gasteiger partial charge in [0, 0.05) is 38.9 Å². The zero-order valence-electron chi connectivity index (χ0n) is 15.7. The average Bonchev–Trinajstić information content (AvgIpc) is 2.74. The van der Waals surface area contributed by atoms with Gasteiger partial charge in [-0.3, -0.25) is 4.79 Å². The number of hydrogen-bond donors (Lipinski definition) is 1. The average molecular weight is 404 g/mol. The van der Waals surface area contributed by atoms with E-state index in [1.807, 2.05) is 18.2 Å². The number of amides is 1. The Kier molecular flexibility index (Phi) is 6.48. The highest BCUT2D eigenvalue weighted by Gasteiger charge is 2.27. The standard InChI is InChI=1S/C19H24N4O4S/c1-27-17-7-3-2-6-16(17)19(24)21-10-15-28(25,26)23-13-11-22(12-14-23)18-8-4-5-9-20-18/h2-9H,10-15H2,1H3,(H,21,24). The van der Waals surface area contributed by atoms with Crippen molar-refractivity contribution in [1.82, 2.24) is 14.6 Å². The maximum Gasteiger partial charge on any atom is 0.255 e. The summed E-state index contributed by atoms with van der Waals surface area (Å²) in [5, 5.41) is 2.66. The lowest BCUT2D eigenvalue weighted by molar-refractivity contribution is 0.0953. The number of anilines is 1. The first-order chi connectivity index (χ1) is 13.5. The van der Waals surface area contributed by atoms with Gasteiger partial charge in [-0.05, 0) is 24.3 Å². The molecular weight excluding hydrogens is 380 g/mol. The van der Waals surface area contributed by atoms with Crippen molar-refractivity contribution in [1.29, 1.82) is 0 Å². The molecule has 0 spiro atoms. The molecule has 0 unspecified atom stereocenters. The van der Waals surface area contributed by atoms with Crippen molar-refractivity contribution in [3.05, 3.63) is 54.2 Å². The highest BCUT2D eigenvalue weighted by molar-refractivity contribution is 7.89. The fourth-order valence-electron chi connectivity index (χ4n) is 3.09. The molecule has 2 aromatic rings. The normalized spacial score (nSPS) is 15.2. The van der Waals surface area contributed by atoms with Crippen LogP contribution in [-0.4, -0.2) is 69.2 Å². The smallest absolute Gasteiger partial charge is 0.255 e. The number of rotatable bonds is 7. The van der Waals surface area contributed by atoms with Crippen molar-refractivity contribution in [2.75, 3.05) is 50.5 Å². The summed E-state index contributed by atoms with van der Waals surface area (Å²) in [6, 6.07) is 12.5.